The van der Waals surface area contributed by atoms with Crippen molar-refractivity contribution in [2.24, 2.45) is 34.5 Å². The summed E-state index contributed by atoms with van der Waals surface area (Å²) in [4.78, 5) is 1.45. The molecule has 154 valence electrons. The minimum atomic E-state index is 0.592. The highest BCUT2D eigenvalue weighted by molar-refractivity contribution is 8.00. The lowest BCUT2D eigenvalue weighted by Crippen LogP contribution is -2.55. The van der Waals surface area contributed by atoms with Crippen molar-refractivity contribution in [3.05, 3.63) is 24.3 Å². The summed E-state index contributed by atoms with van der Waals surface area (Å²) in [5.41, 5.74) is 1.25. The van der Waals surface area contributed by atoms with Gasteiger partial charge in [-0.15, -0.1) is 11.8 Å². The second-order valence-electron chi connectivity index (χ2n) is 10.9. The monoisotopic (exact) mass is 398 g/mol. The SMILES string of the molecule is COc1ccc(S[C@@H]2C[C@H]3[C@@H]4CCC[C@@]4(C)CC[C@@H]3[C@@]3(C)CCCC[C@H]23)cc1. The predicted molar refractivity (Wildman–Crippen MR) is 119 cm³/mol. The molecular formula is C26H38OS. The molecule has 0 aromatic heterocycles. The van der Waals surface area contributed by atoms with Crippen molar-refractivity contribution < 1.29 is 4.74 Å². The van der Waals surface area contributed by atoms with Crippen LogP contribution in [0.5, 0.6) is 5.75 Å². The van der Waals surface area contributed by atoms with E-state index in [9.17, 15) is 0 Å². The highest BCUT2D eigenvalue weighted by atomic mass is 32.2. The van der Waals surface area contributed by atoms with Gasteiger partial charge in [0.1, 0.15) is 5.75 Å². The molecule has 0 amide bonds. The second kappa shape index (κ2) is 7.25. The fourth-order valence-corrected chi connectivity index (χ4v) is 9.85. The molecule has 4 aliphatic rings. The normalized spacial score (nSPS) is 45.0. The van der Waals surface area contributed by atoms with Gasteiger partial charge in [0.25, 0.3) is 0 Å². The zero-order valence-electron chi connectivity index (χ0n) is 18.1. The summed E-state index contributed by atoms with van der Waals surface area (Å²) in [6, 6.07) is 8.86. The maximum Gasteiger partial charge on any atom is 0.118 e. The quantitative estimate of drug-likeness (QED) is 0.518. The number of methoxy groups -OCH3 is 1. The lowest BCUT2D eigenvalue weighted by Gasteiger charge is -2.62. The van der Waals surface area contributed by atoms with Gasteiger partial charge in [-0.1, -0.05) is 33.1 Å². The maximum atomic E-state index is 5.38. The Kier molecular flexibility index (Phi) is 5.01. The van der Waals surface area contributed by atoms with Gasteiger partial charge in [-0.2, -0.15) is 0 Å². The van der Waals surface area contributed by atoms with Gasteiger partial charge in [0, 0.05) is 10.1 Å². The molecule has 4 fully saturated rings. The second-order valence-corrected chi connectivity index (χ2v) is 12.2. The molecule has 1 aromatic rings. The predicted octanol–water partition coefficient (Wildman–Crippen LogP) is 7.59. The Morgan fingerprint density at radius 1 is 0.857 bits per heavy atom. The molecule has 0 heterocycles. The van der Waals surface area contributed by atoms with Gasteiger partial charge in [0.15, 0.2) is 0 Å². The van der Waals surface area contributed by atoms with Gasteiger partial charge in [-0.05, 0) is 104 Å². The van der Waals surface area contributed by atoms with Crippen LogP contribution in [-0.2, 0) is 0 Å². The average molecular weight is 399 g/mol. The van der Waals surface area contributed by atoms with Crippen molar-refractivity contribution in [1.82, 2.24) is 0 Å². The molecule has 4 aliphatic carbocycles. The Morgan fingerprint density at radius 3 is 2.43 bits per heavy atom. The number of benzene rings is 1. The van der Waals surface area contributed by atoms with Gasteiger partial charge in [-0.3, -0.25) is 0 Å². The van der Waals surface area contributed by atoms with Gasteiger partial charge in [0.05, 0.1) is 7.11 Å². The summed E-state index contributed by atoms with van der Waals surface area (Å²) in [6.07, 6.45) is 14.9. The van der Waals surface area contributed by atoms with Crippen molar-refractivity contribution in [3.8, 4) is 5.75 Å². The molecule has 0 unspecified atom stereocenters. The fourth-order valence-electron chi connectivity index (χ4n) is 8.28. The largest absolute Gasteiger partial charge is 0.497 e. The molecule has 0 saturated heterocycles. The third kappa shape index (κ3) is 3.04. The Morgan fingerprint density at radius 2 is 1.64 bits per heavy atom. The first-order valence-electron chi connectivity index (χ1n) is 11.8. The first kappa shape index (κ1) is 19.3. The minimum absolute atomic E-state index is 0.592. The number of rotatable bonds is 3. The minimum Gasteiger partial charge on any atom is -0.497 e. The van der Waals surface area contributed by atoms with Crippen LogP contribution >= 0.6 is 11.8 Å². The van der Waals surface area contributed by atoms with Crippen LogP contribution in [0.25, 0.3) is 0 Å². The van der Waals surface area contributed by atoms with Gasteiger partial charge >= 0.3 is 0 Å². The molecule has 0 radical (unpaired) electrons. The van der Waals surface area contributed by atoms with E-state index in [0.29, 0.717) is 10.8 Å². The van der Waals surface area contributed by atoms with E-state index in [4.69, 9.17) is 4.74 Å². The summed E-state index contributed by atoms with van der Waals surface area (Å²) in [7, 11) is 1.76. The number of hydrogen-bond donors (Lipinski definition) is 0. The van der Waals surface area contributed by atoms with Gasteiger partial charge in [0.2, 0.25) is 0 Å². The zero-order valence-corrected chi connectivity index (χ0v) is 18.9. The van der Waals surface area contributed by atoms with Crippen LogP contribution in [0.15, 0.2) is 29.2 Å². The summed E-state index contributed by atoms with van der Waals surface area (Å²) in [5, 5.41) is 0.808. The van der Waals surface area contributed by atoms with E-state index in [0.717, 1.165) is 34.7 Å². The molecule has 2 heteroatoms. The smallest absolute Gasteiger partial charge is 0.118 e. The van der Waals surface area contributed by atoms with Crippen LogP contribution in [0.1, 0.15) is 78.1 Å². The Hall–Kier alpha value is -0.630. The van der Waals surface area contributed by atoms with Gasteiger partial charge in [-0.25, -0.2) is 0 Å². The molecule has 0 aliphatic heterocycles. The molecule has 0 bridgehead atoms. The van der Waals surface area contributed by atoms with Crippen molar-refractivity contribution in [1.29, 1.82) is 0 Å². The van der Waals surface area contributed by atoms with Crippen LogP contribution in [0, 0.1) is 34.5 Å². The Labute approximate surface area is 176 Å². The molecule has 1 aromatic carbocycles. The molecule has 4 saturated carbocycles. The van der Waals surface area contributed by atoms with E-state index in [1.54, 1.807) is 7.11 Å². The topological polar surface area (TPSA) is 9.23 Å². The van der Waals surface area contributed by atoms with Crippen LogP contribution in [0.2, 0.25) is 0 Å². The fraction of sp³-hybridized carbons (Fsp3) is 0.769. The van der Waals surface area contributed by atoms with Crippen LogP contribution in [0.3, 0.4) is 0 Å². The Balaban J connectivity index is 1.45. The molecular weight excluding hydrogens is 360 g/mol. The highest BCUT2D eigenvalue weighted by Gasteiger charge is 2.59. The highest BCUT2D eigenvalue weighted by Crippen LogP contribution is 2.67. The molecule has 5 rings (SSSR count). The van der Waals surface area contributed by atoms with Crippen molar-refractivity contribution in [2.45, 2.75) is 88.2 Å². The van der Waals surface area contributed by atoms with Crippen LogP contribution in [0.4, 0.5) is 0 Å². The average Bonchev–Trinajstić information content (AvgIpc) is 3.10. The first-order chi connectivity index (χ1) is 13.5. The molecule has 1 nitrogen and oxygen atoms in total. The summed E-state index contributed by atoms with van der Waals surface area (Å²) in [5.74, 6) is 4.88. The Bertz CT molecular complexity index is 699. The lowest BCUT2D eigenvalue weighted by atomic mass is 9.45. The van der Waals surface area contributed by atoms with E-state index in [1.807, 2.05) is 0 Å². The van der Waals surface area contributed by atoms with Crippen molar-refractivity contribution in [2.75, 3.05) is 7.11 Å². The first-order valence-corrected chi connectivity index (χ1v) is 12.7. The number of hydrogen-bond acceptors (Lipinski definition) is 2. The van der Waals surface area contributed by atoms with Crippen LogP contribution < -0.4 is 4.74 Å². The molecule has 28 heavy (non-hydrogen) atoms. The van der Waals surface area contributed by atoms with Crippen LogP contribution in [-0.4, -0.2) is 12.4 Å². The third-order valence-corrected chi connectivity index (χ3v) is 11.1. The van der Waals surface area contributed by atoms with E-state index in [2.05, 4.69) is 49.9 Å². The standard InChI is InChI=1S/C26H38OS/c1-25-14-6-8-21(25)20-17-24(28-19-11-9-18(27-3)10-12-19)23-7-4-5-15-26(23,2)22(20)13-16-25/h9-12,20-24H,4-8,13-17H2,1-3H3/t20-,21-,22-,23+,24+,25-,26+/m0/s1. The van der Waals surface area contributed by atoms with E-state index >= 15 is 0 Å². The lowest BCUT2D eigenvalue weighted by molar-refractivity contribution is -0.0994. The van der Waals surface area contributed by atoms with E-state index in [-0.39, 0.29) is 0 Å². The summed E-state index contributed by atoms with van der Waals surface area (Å²) >= 11 is 2.20. The summed E-state index contributed by atoms with van der Waals surface area (Å²) < 4.78 is 5.38. The molecule has 0 spiro atoms. The van der Waals surface area contributed by atoms with Crippen molar-refractivity contribution >= 4 is 11.8 Å². The van der Waals surface area contributed by atoms with Gasteiger partial charge < -0.3 is 4.74 Å². The number of ether oxygens (including phenoxy) is 1. The number of thioether (sulfide) groups is 1. The molecule has 7 atom stereocenters. The third-order valence-electron chi connectivity index (χ3n) is 9.69. The summed E-state index contributed by atoms with van der Waals surface area (Å²) in [6.45, 7) is 5.36. The molecule has 0 N–H and O–H groups in total. The zero-order chi connectivity index (χ0) is 19.4. The van der Waals surface area contributed by atoms with E-state index < -0.39 is 0 Å². The van der Waals surface area contributed by atoms with E-state index in [1.165, 1.54) is 69.1 Å². The van der Waals surface area contributed by atoms with Crippen molar-refractivity contribution in [3.63, 3.8) is 0 Å². The maximum absolute atomic E-state index is 5.38. The number of fused-ring (bicyclic) bond motifs is 5.